The number of pyridine rings is 1. The fraction of sp³-hybridized carbons (Fsp3) is 0.125. The third-order valence-electron chi connectivity index (χ3n) is 1.87. The lowest BCUT2D eigenvalue weighted by atomic mass is 10.5. The van der Waals surface area contributed by atoms with Crippen LogP contribution in [0.15, 0.2) is 24.4 Å². The molecule has 0 fully saturated rings. The van der Waals surface area contributed by atoms with E-state index in [2.05, 4.69) is 20.9 Å². The van der Waals surface area contributed by atoms with E-state index < -0.39 is 4.92 Å². The van der Waals surface area contributed by atoms with Crippen molar-refractivity contribution in [3.05, 3.63) is 40.2 Å². The zero-order valence-electron chi connectivity index (χ0n) is 7.05. The van der Waals surface area contributed by atoms with Gasteiger partial charge in [-0.05, 0) is 11.0 Å². The zero-order chi connectivity index (χ0) is 10.1. The van der Waals surface area contributed by atoms with E-state index >= 15 is 0 Å². The first-order valence-corrected chi connectivity index (χ1v) is 5.02. The summed E-state index contributed by atoms with van der Waals surface area (Å²) in [6.07, 6.45) is 1.63. The van der Waals surface area contributed by atoms with Gasteiger partial charge < -0.3 is 10.1 Å². The molecule has 0 unspecified atom stereocenters. The number of imidazole rings is 1. The van der Waals surface area contributed by atoms with E-state index in [-0.39, 0.29) is 5.82 Å². The van der Waals surface area contributed by atoms with Crippen LogP contribution in [0.25, 0.3) is 5.65 Å². The number of fused-ring (bicyclic) bond motifs is 1. The zero-order valence-corrected chi connectivity index (χ0v) is 8.64. The van der Waals surface area contributed by atoms with Crippen molar-refractivity contribution in [2.24, 2.45) is 0 Å². The highest BCUT2D eigenvalue weighted by Crippen LogP contribution is 2.22. The third-order valence-corrected chi connectivity index (χ3v) is 2.40. The first kappa shape index (κ1) is 9.14. The predicted octanol–water partition coefficient (Wildman–Crippen LogP) is 2.14. The van der Waals surface area contributed by atoms with Gasteiger partial charge >= 0.3 is 5.82 Å². The number of alkyl halides is 1. The summed E-state index contributed by atoms with van der Waals surface area (Å²) in [6.45, 7) is 0. The molecule has 72 valence electrons. The molecule has 0 spiro atoms. The maximum Gasteiger partial charge on any atom is 0.351 e. The van der Waals surface area contributed by atoms with Crippen molar-refractivity contribution in [2.75, 3.05) is 0 Å². The Bertz CT molecular complexity index is 494. The minimum Gasteiger partial charge on any atom is -0.358 e. The van der Waals surface area contributed by atoms with Gasteiger partial charge in [0.1, 0.15) is 5.69 Å². The summed E-state index contributed by atoms with van der Waals surface area (Å²) in [7, 11) is 0. The summed E-state index contributed by atoms with van der Waals surface area (Å²) >= 11 is 3.17. The average Bonchev–Trinajstić information content (AvgIpc) is 2.55. The quantitative estimate of drug-likeness (QED) is 0.469. The Kier molecular flexibility index (Phi) is 2.20. The molecular weight excluding hydrogens is 250 g/mol. The largest absolute Gasteiger partial charge is 0.358 e. The summed E-state index contributed by atoms with van der Waals surface area (Å²) in [5, 5.41) is 11.2. The smallest absolute Gasteiger partial charge is 0.351 e. The molecule has 0 aromatic carbocycles. The summed E-state index contributed by atoms with van der Waals surface area (Å²) < 4.78 is 1.47. The molecule has 0 saturated heterocycles. The molecule has 2 aromatic rings. The first-order valence-electron chi connectivity index (χ1n) is 3.90. The maximum absolute atomic E-state index is 10.8. The van der Waals surface area contributed by atoms with Crippen LogP contribution >= 0.6 is 15.9 Å². The third kappa shape index (κ3) is 1.27. The summed E-state index contributed by atoms with van der Waals surface area (Å²) in [4.78, 5) is 14.5. The van der Waals surface area contributed by atoms with Crippen molar-refractivity contribution in [1.82, 2.24) is 9.38 Å². The van der Waals surface area contributed by atoms with Crippen LogP contribution in [0.2, 0.25) is 0 Å². The Labute approximate surface area is 87.7 Å². The van der Waals surface area contributed by atoms with Crippen LogP contribution in [0.4, 0.5) is 5.82 Å². The van der Waals surface area contributed by atoms with E-state index in [1.807, 2.05) is 0 Å². The van der Waals surface area contributed by atoms with Gasteiger partial charge in [-0.15, -0.1) is 0 Å². The number of rotatable bonds is 2. The van der Waals surface area contributed by atoms with Crippen molar-refractivity contribution in [2.45, 2.75) is 5.33 Å². The van der Waals surface area contributed by atoms with Gasteiger partial charge in [-0.3, -0.25) is 0 Å². The predicted molar refractivity (Wildman–Crippen MR) is 54.5 cm³/mol. The fourth-order valence-electron chi connectivity index (χ4n) is 1.31. The number of hydrogen-bond acceptors (Lipinski definition) is 3. The van der Waals surface area contributed by atoms with Gasteiger partial charge in [-0.1, -0.05) is 22.0 Å². The second-order valence-corrected chi connectivity index (χ2v) is 3.26. The summed E-state index contributed by atoms with van der Waals surface area (Å²) in [6, 6.07) is 5.27. The molecule has 0 aliphatic rings. The molecule has 0 atom stereocenters. The molecule has 0 bridgehead atoms. The second kappa shape index (κ2) is 3.38. The van der Waals surface area contributed by atoms with E-state index in [1.54, 1.807) is 24.4 Å². The molecular formula is C8H6BrN3O2. The van der Waals surface area contributed by atoms with Gasteiger partial charge in [0.05, 0.1) is 11.5 Å². The molecule has 0 aliphatic heterocycles. The van der Waals surface area contributed by atoms with Gasteiger partial charge in [0, 0.05) is 6.07 Å². The molecule has 0 radical (unpaired) electrons. The van der Waals surface area contributed by atoms with Gasteiger partial charge in [0.25, 0.3) is 0 Å². The normalized spacial score (nSPS) is 10.6. The Morgan fingerprint density at radius 1 is 1.57 bits per heavy atom. The number of aromatic nitrogens is 2. The van der Waals surface area contributed by atoms with Crippen LogP contribution in [0.3, 0.4) is 0 Å². The summed E-state index contributed by atoms with van der Waals surface area (Å²) in [5.41, 5.74) is 1.04. The van der Waals surface area contributed by atoms with E-state index in [0.717, 1.165) is 0 Å². The van der Waals surface area contributed by atoms with Crippen LogP contribution in [0.1, 0.15) is 5.69 Å². The lowest BCUT2D eigenvalue weighted by molar-refractivity contribution is -0.391. The van der Waals surface area contributed by atoms with E-state index in [1.165, 1.54) is 4.40 Å². The number of nitrogens with zero attached hydrogens (tertiary/aromatic N) is 3. The lowest BCUT2D eigenvalue weighted by Gasteiger charge is -1.93. The molecule has 0 amide bonds. The fourth-order valence-corrected chi connectivity index (χ4v) is 1.69. The van der Waals surface area contributed by atoms with Crippen LogP contribution < -0.4 is 0 Å². The van der Waals surface area contributed by atoms with Gasteiger partial charge in [-0.25, -0.2) is 4.98 Å². The minimum atomic E-state index is -0.420. The van der Waals surface area contributed by atoms with E-state index in [4.69, 9.17) is 0 Å². The van der Waals surface area contributed by atoms with Gasteiger partial charge in [-0.2, -0.15) is 4.40 Å². The topological polar surface area (TPSA) is 60.4 Å². The molecule has 6 heteroatoms. The maximum atomic E-state index is 10.8. The highest BCUT2D eigenvalue weighted by atomic mass is 79.9. The van der Waals surface area contributed by atoms with E-state index in [9.17, 15) is 10.1 Å². The van der Waals surface area contributed by atoms with Crippen molar-refractivity contribution < 1.29 is 4.92 Å². The summed E-state index contributed by atoms with van der Waals surface area (Å²) in [5.74, 6) is 0.0254. The number of hydrogen-bond donors (Lipinski definition) is 0. The monoisotopic (exact) mass is 255 g/mol. The van der Waals surface area contributed by atoms with Gasteiger partial charge in [0.2, 0.25) is 5.65 Å². The first-order chi connectivity index (χ1) is 6.74. The molecule has 0 N–H and O–H groups in total. The van der Waals surface area contributed by atoms with Crippen LogP contribution in [0.5, 0.6) is 0 Å². The van der Waals surface area contributed by atoms with Crippen molar-refractivity contribution in [3.63, 3.8) is 0 Å². The SMILES string of the molecule is O=[N+]([O-])c1c(CBr)nc2ccccn12. The standard InChI is InChI=1S/C8H6BrN3O2/c9-5-6-8(12(13)14)11-4-2-1-3-7(11)10-6/h1-4H,5H2. The Hall–Kier alpha value is -1.43. The Morgan fingerprint density at radius 2 is 2.36 bits per heavy atom. The van der Waals surface area contributed by atoms with Crippen LogP contribution in [0, 0.1) is 10.1 Å². The average molecular weight is 256 g/mol. The second-order valence-electron chi connectivity index (χ2n) is 2.70. The Balaban J connectivity index is 2.81. The molecule has 0 aliphatic carbocycles. The minimum absolute atomic E-state index is 0.0254. The van der Waals surface area contributed by atoms with Crippen molar-refractivity contribution in [3.8, 4) is 0 Å². The molecule has 2 heterocycles. The molecule has 0 saturated carbocycles. The van der Waals surface area contributed by atoms with E-state index in [0.29, 0.717) is 16.7 Å². The van der Waals surface area contributed by atoms with Crippen molar-refractivity contribution >= 4 is 27.4 Å². The molecule has 14 heavy (non-hydrogen) atoms. The van der Waals surface area contributed by atoms with Gasteiger partial charge in [0.15, 0.2) is 0 Å². The van der Waals surface area contributed by atoms with Crippen molar-refractivity contribution in [1.29, 1.82) is 0 Å². The van der Waals surface area contributed by atoms with Crippen LogP contribution in [-0.2, 0) is 5.33 Å². The van der Waals surface area contributed by atoms with Crippen LogP contribution in [-0.4, -0.2) is 14.3 Å². The molecule has 2 rings (SSSR count). The molecule has 2 aromatic heterocycles. The molecule has 5 nitrogen and oxygen atoms in total. The Morgan fingerprint density at radius 3 is 3.00 bits per heavy atom. The lowest BCUT2D eigenvalue weighted by Crippen LogP contribution is -1.95. The number of nitro groups is 1. The number of halogens is 1. The highest BCUT2D eigenvalue weighted by molar-refractivity contribution is 9.08. The highest BCUT2D eigenvalue weighted by Gasteiger charge is 2.20.